The second-order valence-electron chi connectivity index (χ2n) is 15.3. The Morgan fingerprint density at radius 2 is 0.580 bits per heavy atom. The molecule has 17 heteroatoms. The molecule has 16 nitrogen and oxygen atoms in total. The molecule has 4 N–H and O–H groups in total. The molecule has 0 amide bonds. The van der Waals surface area contributed by atoms with Crippen molar-refractivity contribution in [3.8, 4) is 114 Å². The number of methoxy groups -OCH3 is 8. The summed E-state index contributed by atoms with van der Waals surface area (Å²) in [6, 6.07) is 20.4. The van der Waals surface area contributed by atoms with E-state index in [0.29, 0.717) is 89.4 Å². The van der Waals surface area contributed by atoms with Gasteiger partial charge in [-0.1, -0.05) is 24.3 Å². The van der Waals surface area contributed by atoms with E-state index < -0.39 is 0 Å². The molecule has 0 unspecified atom stereocenters. The number of hydrogen-bond acceptors (Lipinski definition) is 14. The van der Waals surface area contributed by atoms with E-state index in [1.807, 2.05) is 48.6 Å². The van der Waals surface area contributed by atoms with Crippen molar-refractivity contribution in [1.29, 1.82) is 0 Å². The maximum absolute atomic E-state index is 11.0. The van der Waals surface area contributed by atoms with E-state index in [0.717, 1.165) is 0 Å². The zero-order chi connectivity index (χ0) is 48.0. The van der Waals surface area contributed by atoms with Gasteiger partial charge in [-0.3, -0.25) is 0 Å². The summed E-state index contributed by atoms with van der Waals surface area (Å²) in [6.07, 6.45) is 7.36. The third-order valence-electron chi connectivity index (χ3n) is 11.7. The van der Waals surface area contributed by atoms with Crippen LogP contribution in [0.3, 0.4) is 0 Å². The number of phenolic OH excluding ortho intramolecular Hbond substituents is 4. The molecule has 0 spiro atoms. The Morgan fingerprint density at radius 1 is 0.333 bits per heavy atom. The van der Waals surface area contributed by atoms with E-state index in [4.69, 9.17) is 57.8 Å². The third-order valence-corrected chi connectivity index (χ3v) is 11.7. The Hall–Kier alpha value is -8.30. The summed E-state index contributed by atoms with van der Waals surface area (Å²) in [4.78, 5) is 21.1. The van der Waals surface area contributed by atoms with Crippen molar-refractivity contribution in [2.24, 2.45) is 0 Å². The average Bonchev–Trinajstić information content (AvgIpc) is 4.21. The fourth-order valence-corrected chi connectivity index (χ4v) is 8.49. The van der Waals surface area contributed by atoms with Gasteiger partial charge in [-0.2, -0.15) is 0 Å². The molecule has 0 aliphatic carbocycles. The van der Waals surface area contributed by atoms with E-state index in [1.54, 1.807) is 36.4 Å². The molecular formula is C52H44N4O12Zn. The van der Waals surface area contributed by atoms with Gasteiger partial charge in [0.2, 0.25) is 17.2 Å². The second kappa shape index (κ2) is 19.1. The monoisotopic (exact) mass is 980 g/mol. The Morgan fingerprint density at radius 3 is 0.841 bits per heavy atom. The second-order valence-corrected chi connectivity index (χ2v) is 15.3. The van der Waals surface area contributed by atoms with Crippen LogP contribution in [0, 0.1) is 0 Å². The summed E-state index contributed by atoms with van der Waals surface area (Å²) >= 11 is 0. The Bertz CT molecular complexity index is 3250. The minimum Gasteiger partial charge on any atom is -0.657 e. The summed E-state index contributed by atoms with van der Waals surface area (Å²) in [6.45, 7) is 0. The topological polar surface area (TPSA) is 209 Å². The van der Waals surface area contributed by atoms with Crippen LogP contribution in [0.4, 0.5) is 0 Å². The van der Waals surface area contributed by atoms with Gasteiger partial charge in [0.15, 0.2) is 34.5 Å². The molecule has 0 fully saturated rings. The summed E-state index contributed by atoms with van der Waals surface area (Å²) in [5.41, 5.74) is 7.90. The first-order valence-corrected chi connectivity index (χ1v) is 20.8. The maximum Gasteiger partial charge on any atom is 2.00 e. The van der Waals surface area contributed by atoms with Crippen molar-refractivity contribution in [1.82, 2.24) is 19.9 Å². The fraction of sp³-hybridized carbons (Fsp3) is 0.154. The van der Waals surface area contributed by atoms with Crippen LogP contribution in [-0.2, 0) is 19.5 Å². The third kappa shape index (κ3) is 8.20. The number of phenols is 4. The molecule has 3 aromatic heterocycles. The van der Waals surface area contributed by atoms with Crippen LogP contribution in [0.25, 0.3) is 90.9 Å². The van der Waals surface area contributed by atoms with E-state index in [2.05, 4.69) is 0 Å². The Balaban J connectivity index is 0.00000642. The number of nitrogens with zero attached hydrogens (tertiary/aromatic N) is 4. The van der Waals surface area contributed by atoms with Crippen molar-refractivity contribution in [3.05, 3.63) is 95.6 Å². The van der Waals surface area contributed by atoms with Gasteiger partial charge < -0.3 is 68.3 Å². The SMILES string of the molecule is COc1cc(-c2c3nc(c(-c4cc(OC)c(O)c(OC)c4)c4ccc([n-]4)c(-c4c(OC)cc(O)cc4OC)c4nc(c(-c5cc(OC)c(O)c(OC)c5)c5ccc2[n-]5)C=C4)C=C3)cc(OC)c1O.[Zn+2]. The molecule has 69 heavy (non-hydrogen) atoms. The normalized spacial score (nSPS) is 11.5. The number of benzene rings is 4. The van der Waals surface area contributed by atoms with Crippen molar-refractivity contribution in [3.63, 3.8) is 0 Å². The van der Waals surface area contributed by atoms with E-state index in [1.165, 1.54) is 69.0 Å². The van der Waals surface area contributed by atoms with Crippen LogP contribution in [-0.4, -0.2) is 87.3 Å². The summed E-state index contributed by atoms with van der Waals surface area (Å²) in [7, 11) is 11.7. The van der Waals surface area contributed by atoms with Gasteiger partial charge in [0.05, 0.1) is 85.2 Å². The molecule has 346 valence electrons. The minimum atomic E-state index is -0.190. The number of fused-ring (bicyclic) bond motifs is 8. The zero-order valence-corrected chi connectivity index (χ0v) is 41.8. The molecule has 0 saturated heterocycles. The predicted octanol–water partition coefficient (Wildman–Crippen LogP) is 9.47. The molecule has 9 rings (SSSR count). The Kier molecular flexibility index (Phi) is 13.1. The van der Waals surface area contributed by atoms with Gasteiger partial charge in [0.1, 0.15) is 17.2 Å². The molecule has 0 saturated carbocycles. The molecule has 2 aliphatic heterocycles. The molecule has 7 aromatic rings. The number of rotatable bonds is 12. The predicted molar refractivity (Wildman–Crippen MR) is 258 cm³/mol. The number of aromatic nitrogens is 4. The van der Waals surface area contributed by atoms with E-state index in [-0.39, 0.29) is 88.5 Å². The molecular weight excluding hydrogens is 938 g/mol. The first-order valence-electron chi connectivity index (χ1n) is 20.8. The minimum absolute atomic E-state index is 0. The molecule has 8 bridgehead atoms. The zero-order valence-electron chi connectivity index (χ0n) is 38.8. The standard InChI is InChI=1S/C52H44N4O12.Zn/c1-61-37-23-28(57)24-38(62-2)49(37)48-35-15-13-33(55-35)46(26-19-41(65-5)51(59)42(20-26)66-6)31-11-9-29(53-31)45(25-17-39(63-3)50(58)40(18-25)64-4)30-10-12-32(54-30)47(34-14-16-36(48)56-34)27-21-43(67-7)52(60)44(22-27)68-8;/h9-24H,1-8H3,(H4-2,53,54,55,56,57,58,59,60);/q-2;+2. The van der Waals surface area contributed by atoms with Gasteiger partial charge >= 0.3 is 19.5 Å². The smallest absolute Gasteiger partial charge is 0.657 e. The van der Waals surface area contributed by atoms with Crippen molar-refractivity contribution in [2.75, 3.05) is 56.9 Å². The van der Waals surface area contributed by atoms with Gasteiger partial charge in [-0.25, -0.2) is 9.97 Å². The van der Waals surface area contributed by atoms with Gasteiger partial charge in [0, 0.05) is 17.7 Å². The van der Waals surface area contributed by atoms with Crippen molar-refractivity contribution in [2.45, 2.75) is 0 Å². The number of ether oxygens (including phenoxy) is 8. The van der Waals surface area contributed by atoms with Gasteiger partial charge in [-0.05, 0) is 94.1 Å². The molecule has 4 aromatic carbocycles. The first kappa shape index (κ1) is 47.2. The molecule has 0 atom stereocenters. The quantitative estimate of drug-likeness (QED) is 0.0841. The van der Waals surface area contributed by atoms with E-state index >= 15 is 0 Å². The summed E-state index contributed by atoms with van der Waals surface area (Å²) in [5, 5.41) is 43.9. The van der Waals surface area contributed by atoms with Crippen LogP contribution in [0.5, 0.6) is 69.0 Å². The van der Waals surface area contributed by atoms with Crippen LogP contribution < -0.4 is 47.9 Å². The molecule has 2 aliphatic rings. The van der Waals surface area contributed by atoms with Gasteiger partial charge in [-0.15, -0.1) is 22.1 Å². The van der Waals surface area contributed by atoms with Crippen LogP contribution >= 0.6 is 0 Å². The van der Waals surface area contributed by atoms with Crippen LogP contribution in [0.1, 0.15) is 22.8 Å². The van der Waals surface area contributed by atoms with E-state index in [9.17, 15) is 20.4 Å². The Labute approximate surface area is 408 Å². The largest absolute Gasteiger partial charge is 2.00 e. The van der Waals surface area contributed by atoms with Gasteiger partial charge in [0.25, 0.3) is 0 Å². The first-order chi connectivity index (χ1) is 33.0. The summed E-state index contributed by atoms with van der Waals surface area (Å²) < 4.78 is 45.5. The average molecular weight is 982 g/mol. The van der Waals surface area contributed by atoms with Crippen LogP contribution in [0.2, 0.25) is 0 Å². The molecule has 5 heterocycles. The summed E-state index contributed by atoms with van der Waals surface area (Å²) in [5.74, 6) is 0.814. The van der Waals surface area contributed by atoms with Crippen LogP contribution in [0.15, 0.2) is 72.8 Å². The number of aromatic hydroxyl groups is 4. The fourth-order valence-electron chi connectivity index (χ4n) is 8.49. The van der Waals surface area contributed by atoms with Crippen molar-refractivity contribution >= 4 is 46.4 Å². The molecule has 0 radical (unpaired) electrons. The van der Waals surface area contributed by atoms with Crippen molar-refractivity contribution < 1.29 is 77.8 Å². The maximum atomic E-state index is 11.0. The number of hydrogen-bond donors (Lipinski definition) is 4.